The summed E-state index contributed by atoms with van der Waals surface area (Å²) < 4.78 is 5.73. The molecule has 0 atom stereocenters. The Morgan fingerprint density at radius 2 is 1.39 bits per heavy atom. The number of anilines is 3. The third-order valence-corrected chi connectivity index (χ3v) is 9.79. The molecule has 0 radical (unpaired) electrons. The van der Waals surface area contributed by atoms with Crippen molar-refractivity contribution in [1.82, 2.24) is 15.3 Å². The van der Waals surface area contributed by atoms with Gasteiger partial charge in [0.15, 0.2) is 5.11 Å². The molecule has 226 valence electrons. The number of benzene rings is 3. The topological polar surface area (TPSA) is 65.6 Å². The second-order valence-corrected chi connectivity index (χ2v) is 12.8. The molecule has 1 aromatic heterocycles. The summed E-state index contributed by atoms with van der Waals surface area (Å²) in [4.78, 5) is 14.7. The minimum Gasteiger partial charge on any atom is -0.381 e. The van der Waals surface area contributed by atoms with Gasteiger partial charge in [-0.05, 0) is 77.9 Å². The van der Waals surface area contributed by atoms with Crippen LogP contribution in [0.25, 0.3) is 0 Å². The van der Waals surface area contributed by atoms with Crippen LogP contribution in [0, 0.1) is 0 Å². The maximum absolute atomic E-state index is 6.40. The number of nitrogens with one attached hydrogen (secondary N) is 2. The molecule has 4 aromatic rings. The predicted molar refractivity (Wildman–Crippen MR) is 182 cm³/mol. The normalized spacial score (nSPS) is 17.4. The largest absolute Gasteiger partial charge is 0.381 e. The SMILES string of the molecule is S=C(NCC1(c2cccc(Cl)c2)CCOCC1)Nc1nc(N2CCc3ccccc3C2)cc(N2CCc3ccccc3C2)n1. The van der Waals surface area contributed by atoms with E-state index in [1.807, 2.05) is 12.1 Å². The van der Waals surface area contributed by atoms with Crippen molar-refractivity contribution in [3.63, 3.8) is 0 Å². The van der Waals surface area contributed by atoms with Crippen molar-refractivity contribution in [2.75, 3.05) is 48.0 Å². The minimum atomic E-state index is -0.120. The van der Waals surface area contributed by atoms with Crippen LogP contribution in [0.2, 0.25) is 5.02 Å². The van der Waals surface area contributed by atoms with Gasteiger partial charge < -0.3 is 25.2 Å². The number of nitrogens with zero attached hydrogens (tertiary/aromatic N) is 4. The highest BCUT2D eigenvalue weighted by Crippen LogP contribution is 2.36. The Morgan fingerprint density at radius 3 is 1.98 bits per heavy atom. The van der Waals surface area contributed by atoms with Crippen molar-refractivity contribution in [1.29, 1.82) is 0 Å². The molecule has 3 aliphatic heterocycles. The summed E-state index contributed by atoms with van der Waals surface area (Å²) in [5.74, 6) is 2.33. The van der Waals surface area contributed by atoms with Crippen molar-refractivity contribution < 1.29 is 4.74 Å². The van der Waals surface area contributed by atoms with Crippen LogP contribution < -0.4 is 20.4 Å². The first kappa shape index (κ1) is 29.0. The summed E-state index contributed by atoms with van der Waals surface area (Å²) in [5.41, 5.74) is 6.61. The molecule has 0 unspecified atom stereocenters. The van der Waals surface area contributed by atoms with E-state index >= 15 is 0 Å². The highest BCUT2D eigenvalue weighted by Gasteiger charge is 2.35. The third-order valence-electron chi connectivity index (χ3n) is 9.31. The molecule has 7 nitrogen and oxygen atoms in total. The Hall–Kier alpha value is -3.72. The fourth-order valence-electron chi connectivity index (χ4n) is 6.73. The summed E-state index contributed by atoms with van der Waals surface area (Å²) in [5, 5.41) is 8.10. The lowest BCUT2D eigenvalue weighted by atomic mass is 9.74. The molecule has 9 heteroatoms. The van der Waals surface area contributed by atoms with E-state index in [0.29, 0.717) is 30.8 Å². The monoisotopic (exact) mass is 624 g/mol. The number of hydrogen-bond donors (Lipinski definition) is 2. The zero-order chi connectivity index (χ0) is 29.9. The van der Waals surface area contributed by atoms with Gasteiger partial charge in [0.05, 0.1) is 0 Å². The van der Waals surface area contributed by atoms with Crippen LogP contribution in [-0.4, -0.2) is 47.9 Å². The smallest absolute Gasteiger partial charge is 0.232 e. The zero-order valence-electron chi connectivity index (χ0n) is 24.8. The molecule has 2 N–H and O–H groups in total. The van der Waals surface area contributed by atoms with Gasteiger partial charge in [-0.25, -0.2) is 0 Å². The highest BCUT2D eigenvalue weighted by molar-refractivity contribution is 7.80. The van der Waals surface area contributed by atoms with Crippen molar-refractivity contribution >= 4 is 46.5 Å². The van der Waals surface area contributed by atoms with E-state index in [2.05, 4.69) is 87.2 Å². The molecular formula is C35H37ClN6OS. The van der Waals surface area contributed by atoms with Gasteiger partial charge in [-0.15, -0.1) is 0 Å². The van der Waals surface area contributed by atoms with Gasteiger partial charge >= 0.3 is 0 Å². The lowest BCUT2D eigenvalue weighted by Crippen LogP contribution is -2.45. The number of fused-ring (bicyclic) bond motifs is 2. The summed E-state index contributed by atoms with van der Waals surface area (Å²) in [6, 6.07) is 27.7. The first-order chi connectivity index (χ1) is 21.5. The van der Waals surface area contributed by atoms with Gasteiger partial charge in [0.2, 0.25) is 5.95 Å². The molecule has 0 spiro atoms. The van der Waals surface area contributed by atoms with Gasteiger partial charge in [0.25, 0.3) is 0 Å². The van der Waals surface area contributed by atoms with Gasteiger partial charge in [0, 0.05) is 62.4 Å². The molecule has 3 aliphatic rings. The van der Waals surface area contributed by atoms with E-state index in [1.165, 1.54) is 27.8 Å². The summed E-state index contributed by atoms with van der Waals surface area (Å²) in [6.45, 7) is 5.54. The first-order valence-electron chi connectivity index (χ1n) is 15.5. The molecule has 3 aromatic carbocycles. The van der Waals surface area contributed by atoms with Crippen LogP contribution in [-0.2, 0) is 36.1 Å². The number of halogens is 1. The highest BCUT2D eigenvalue weighted by atomic mass is 35.5. The van der Waals surface area contributed by atoms with Crippen LogP contribution in [0.1, 0.15) is 40.7 Å². The minimum absolute atomic E-state index is 0.120. The maximum Gasteiger partial charge on any atom is 0.232 e. The molecule has 1 fully saturated rings. The Labute approximate surface area is 269 Å². The molecule has 1 saturated heterocycles. The second kappa shape index (κ2) is 12.7. The number of thiocarbonyl (C=S) groups is 1. The average molecular weight is 625 g/mol. The molecule has 44 heavy (non-hydrogen) atoms. The van der Waals surface area contributed by atoms with E-state index in [9.17, 15) is 0 Å². The van der Waals surface area contributed by atoms with E-state index in [-0.39, 0.29) is 5.41 Å². The van der Waals surface area contributed by atoms with Crippen LogP contribution in [0.3, 0.4) is 0 Å². The summed E-state index contributed by atoms with van der Waals surface area (Å²) >= 11 is 12.2. The van der Waals surface area contributed by atoms with Gasteiger partial charge in [0.1, 0.15) is 11.6 Å². The van der Waals surface area contributed by atoms with Gasteiger partial charge in [-0.1, -0.05) is 72.3 Å². The predicted octanol–water partition coefficient (Wildman–Crippen LogP) is 6.29. The van der Waals surface area contributed by atoms with Crippen molar-refractivity contribution in [3.8, 4) is 0 Å². The van der Waals surface area contributed by atoms with Crippen LogP contribution in [0.5, 0.6) is 0 Å². The van der Waals surface area contributed by atoms with E-state index < -0.39 is 0 Å². The lowest BCUT2D eigenvalue weighted by molar-refractivity contribution is 0.0515. The lowest BCUT2D eigenvalue weighted by Gasteiger charge is -2.38. The number of aromatic nitrogens is 2. The van der Waals surface area contributed by atoms with Gasteiger partial charge in [-0.2, -0.15) is 9.97 Å². The molecule has 7 rings (SSSR count). The third kappa shape index (κ3) is 6.25. The Kier molecular flexibility index (Phi) is 8.39. The molecule has 0 amide bonds. The van der Waals surface area contributed by atoms with Crippen LogP contribution in [0.15, 0.2) is 78.9 Å². The Balaban J connectivity index is 1.13. The fourth-order valence-corrected chi connectivity index (χ4v) is 7.08. The quantitative estimate of drug-likeness (QED) is 0.243. The Bertz CT molecular complexity index is 1580. The van der Waals surface area contributed by atoms with Crippen molar-refractivity contribution in [2.45, 2.75) is 44.2 Å². The number of hydrogen-bond acceptors (Lipinski definition) is 6. The summed E-state index contributed by atoms with van der Waals surface area (Å²) in [7, 11) is 0. The van der Waals surface area contributed by atoms with Crippen molar-refractivity contribution in [2.24, 2.45) is 0 Å². The van der Waals surface area contributed by atoms with E-state index in [4.69, 9.17) is 38.5 Å². The number of rotatable bonds is 6. The Morgan fingerprint density at radius 1 is 0.795 bits per heavy atom. The summed E-state index contributed by atoms with van der Waals surface area (Å²) in [6.07, 6.45) is 3.77. The van der Waals surface area contributed by atoms with E-state index in [1.54, 1.807) is 0 Å². The standard InChI is InChI=1S/C35H37ClN6OS/c36-30-11-5-10-29(20-30)35(14-18-43-19-15-35)24-37-34(44)40-33-38-31(41-16-12-25-6-1-3-8-27(25)22-41)21-32(39-33)42-17-13-26-7-2-4-9-28(26)23-42/h1-11,20-21H,12-19,22-24H2,(H2,37,38,39,40,44). The molecular weight excluding hydrogens is 588 g/mol. The maximum atomic E-state index is 6.40. The molecule has 0 saturated carbocycles. The fraction of sp³-hybridized carbons (Fsp3) is 0.343. The second-order valence-electron chi connectivity index (χ2n) is 12.0. The number of ether oxygens (including phenoxy) is 1. The molecule has 0 bridgehead atoms. The van der Waals surface area contributed by atoms with Crippen LogP contribution >= 0.6 is 23.8 Å². The molecule has 4 heterocycles. The zero-order valence-corrected chi connectivity index (χ0v) is 26.3. The van der Waals surface area contributed by atoms with Gasteiger partial charge in [-0.3, -0.25) is 0 Å². The average Bonchev–Trinajstić information content (AvgIpc) is 3.07. The molecule has 0 aliphatic carbocycles. The van der Waals surface area contributed by atoms with E-state index in [0.717, 1.165) is 68.5 Å². The van der Waals surface area contributed by atoms with Crippen molar-refractivity contribution in [3.05, 3.63) is 112 Å². The van der Waals surface area contributed by atoms with Crippen LogP contribution in [0.4, 0.5) is 17.6 Å². The first-order valence-corrected chi connectivity index (χ1v) is 16.2.